The quantitative estimate of drug-likeness (QED) is 0.341. The number of carboxylic acids is 2. The number of aromatic amines is 1. The number of aromatic nitrogens is 4. The van der Waals surface area contributed by atoms with Crippen molar-refractivity contribution in [2.24, 2.45) is 0 Å². The first-order valence-electron chi connectivity index (χ1n) is 8.75. The van der Waals surface area contributed by atoms with Gasteiger partial charge in [0.15, 0.2) is 24.6 Å². The number of nitrogens with one attached hydrogen (secondary N) is 2. The number of nitrogens with zero attached hydrogens (tertiary/aromatic N) is 3. The van der Waals surface area contributed by atoms with E-state index in [9.17, 15) is 19.8 Å². The summed E-state index contributed by atoms with van der Waals surface area (Å²) in [5.74, 6) is -2.70. The molecule has 29 heavy (non-hydrogen) atoms. The molecule has 2 saturated heterocycles. The Balaban J connectivity index is 1.68. The molecule has 156 valence electrons. The van der Waals surface area contributed by atoms with E-state index in [4.69, 9.17) is 19.3 Å². The van der Waals surface area contributed by atoms with E-state index in [0.717, 1.165) is 0 Å². The van der Waals surface area contributed by atoms with Crippen LogP contribution in [0.1, 0.15) is 12.6 Å². The number of carbonyl (C=O) groups is 2. The van der Waals surface area contributed by atoms with Crippen molar-refractivity contribution in [2.75, 3.05) is 19.5 Å². The van der Waals surface area contributed by atoms with Crippen LogP contribution < -0.4 is 9.88 Å². The minimum atomic E-state index is -2.32. The van der Waals surface area contributed by atoms with Crippen molar-refractivity contribution in [1.29, 1.82) is 0 Å². The van der Waals surface area contributed by atoms with E-state index >= 15 is 0 Å². The summed E-state index contributed by atoms with van der Waals surface area (Å²) in [5.41, 5.74) is -1.17. The Labute approximate surface area is 163 Å². The van der Waals surface area contributed by atoms with Crippen molar-refractivity contribution in [3.63, 3.8) is 0 Å². The van der Waals surface area contributed by atoms with Gasteiger partial charge in [-0.3, -0.25) is 4.98 Å². The average molecular weight is 410 g/mol. The molecule has 0 saturated carbocycles. The van der Waals surface area contributed by atoms with Crippen molar-refractivity contribution in [2.45, 2.75) is 42.7 Å². The second-order valence-corrected chi connectivity index (χ2v) is 6.84. The Morgan fingerprint density at radius 1 is 1.45 bits per heavy atom. The summed E-state index contributed by atoms with van der Waals surface area (Å²) in [6.45, 7) is 0. The van der Waals surface area contributed by atoms with Crippen LogP contribution in [0.3, 0.4) is 0 Å². The molecular formula is C16H20N5O8+. The minimum Gasteiger partial charge on any atom is -0.479 e. The Morgan fingerprint density at radius 2 is 2.21 bits per heavy atom. The maximum Gasteiger partial charge on any atom is 0.339 e. The van der Waals surface area contributed by atoms with Gasteiger partial charge in [-0.2, -0.15) is 4.98 Å². The molecule has 2 aromatic heterocycles. The zero-order valence-corrected chi connectivity index (χ0v) is 15.5. The highest BCUT2D eigenvalue weighted by atomic mass is 16.6. The third-order valence-corrected chi connectivity index (χ3v) is 5.38. The largest absolute Gasteiger partial charge is 0.479 e. The van der Waals surface area contributed by atoms with Crippen LogP contribution in [-0.4, -0.2) is 86.4 Å². The van der Waals surface area contributed by atoms with Gasteiger partial charge >= 0.3 is 17.6 Å². The number of fused-ring (bicyclic) bond motifs is 2. The molecule has 0 radical (unpaired) electrons. The summed E-state index contributed by atoms with van der Waals surface area (Å²) in [6.07, 6.45) is -2.82. The lowest BCUT2D eigenvalue weighted by Gasteiger charge is -2.29. The third kappa shape index (κ3) is 2.73. The van der Waals surface area contributed by atoms with Crippen LogP contribution in [0.5, 0.6) is 0 Å². The molecule has 5 N–H and O–H groups in total. The summed E-state index contributed by atoms with van der Waals surface area (Å²) in [7, 11) is 3.12. The highest BCUT2D eigenvalue weighted by molar-refractivity contribution is 5.88. The molecule has 2 aliphatic heterocycles. The number of hydrogen-bond donors (Lipinski definition) is 5. The first kappa shape index (κ1) is 19.4. The SMILES string of the molecule is CNc1ncnc2c1[nH]c[n+]2C1OC2CC(C(=O)O)(C(O)C(=O)O)OC2C1OC. The highest BCUT2D eigenvalue weighted by Crippen LogP contribution is 2.45. The zero-order chi connectivity index (χ0) is 20.9. The van der Waals surface area contributed by atoms with E-state index in [1.807, 2.05) is 0 Å². The lowest BCUT2D eigenvalue weighted by Crippen LogP contribution is -2.55. The van der Waals surface area contributed by atoms with E-state index in [1.165, 1.54) is 13.4 Å². The number of H-pyrrole nitrogens is 1. The summed E-state index contributed by atoms with van der Waals surface area (Å²) in [6, 6.07) is 0. The van der Waals surface area contributed by atoms with Gasteiger partial charge in [0.25, 0.3) is 0 Å². The number of anilines is 1. The minimum absolute atomic E-state index is 0.351. The average Bonchev–Trinajstić information content (AvgIpc) is 3.37. The molecule has 4 rings (SSSR count). The smallest absolute Gasteiger partial charge is 0.339 e. The second kappa shape index (κ2) is 6.88. The molecule has 13 nitrogen and oxygen atoms in total. The number of carboxylic acid groups (broad SMARTS) is 2. The van der Waals surface area contributed by atoms with Gasteiger partial charge in [-0.15, -0.1) is 0 Å². The van der Waals surface area contributed by atoms with Crippen LogP contribution in [-0.2, 0) is 23.8 Å². The van der Waals surface area contributed by atoms with Crippen molar-refractivity contribution < 1.29 is 43.7 Å². The zero-order valence-electron chi connectivity index (χ0n) is 15.5. The number of aliphatic hydroxyl groups excluding tert-OH is 1. The Morgan fingerprint density at radius 3 is 2.83 bits per heavy atom. The standard InChI is InChI=1S/C16H19N5O8/c1-17-11-7-12(19-4-18-11)21(5-20-7)13-9(27-2)8-6(28-13)3-16(29-8,15(25)26)10(22)14(23)24/h4-6,8-10,13,22H,3H2,1-2H3,(H3,17,18,19,23,24,25,26)/p+1. The van der Waals surface area contributed by atoms with Gasteiger partial charge in [0, 0.05) is 20.6 Å². The molecule has 0 aromatic carbocycles. The van der Waals surface area contributed by atoms with Crippen LogP contribution in [0, 0.1) is 0 Å². The molecule has 2 aliphatic rings. The fourth-order valence-corrected chi connectivity index (χ4v) is 3.99. The molecule has 0 bridgehead atoms. The monoisotopic (exact) mass is 410 g/mol. The van der Waals surface area contributed by atoms with Crippen molar-refractivity contribution >= 4 is 28.9 Å². The van der Waals surface area contributed by atoms with Gasteiger partial charge in [-0.05, 0) is 0 Å². The number of rotatable bonds is 6. The summed E-state index contributed by atoms with van der Waals surface area (Å²) in [4.78, 5) is 34.4. The lowest BCUT2D eigenvalue weighted by atomic mass is 9.92. The van der Waals surface area contributed by atoms with Gasteiger partial charge in [0.1, 0.15) is 12.2 Å². The topological polar surface area (TPSA) is 180 Å². The molecule has 2 fully saturated rings. The fourth-order valence-electron chi connectivity index (χ4n) is 3.99. The van der Waals surface area contributed by atoms with Crippen LogP contribution >= 0.6 is 0 Å². The Bertz CT molecular complexity index is 966. The second-order valence-electron chi connectivity index (χ2n) is 6.84. The van der Waals surface area contributed by atoms with Crippen molar-refractivity contribution in [3.8, 4) is 0 Å². The van der Waals surface area contributed by atoms with Gasteiger partial charge < -0.3 is 34.8 Å². The van der Waals surface area contributed by atoms with Gasteiger partial charge in [-0.25, -0.2) is 14.2 Å². The molecule has 2 aromatic rings. The van der Waals surface area contributed by atoms with Gasteiger partial charge in [-0.1, -0.05) is 4.98 Å². The van der Waals surface area contributed by atoms with Crippen LogP contribution in [0.2, 0.25) is 0 Å². The number of methoxy groups -OCH3 is 1. The fraction of sp³-hybridized carbons (Fsp3) is 0.562. The molecule has 4 heterocycles. The van der Waals surface area contributed by atoms with Crippen LogP contribution in [0.4, 0.5) is 5.82 Å². The Hall–Kier alpha value is -2.87. The molecule has 0 amide bonds. The predicted molar refractivity (Wildman–Crippen MR) is 91.8 cm³/mol. The summed E-state index contributed by atoms with van der Waals surface area (Å²) >= 11 is 0. The highest BCUT2D eigenvalue weighted by Gasteiger charge is 2.65. The molecule has 6 atom stereocenters. The number of aliphatic carboxylic acids is 2. The normalized spacial score (nSPS) is 32.2. The van der Waals surface area contributed by atoms with E-state index in [2.05, 4.69) is 20.3 Å². The van der Waals surface area contributed by atoms with E-state index < -0.39 is 48.2 Å². The maximum atomic E-state index is 11.8. The number of imidazole rings is 1. The van der Waals surface area contributed by atoms with Crippen LogP contribution in [0.15, 0.2) is 12.7 Å². The van der Waals surface area contributed by atoms with Gasteiger partial charge in [0.2, 0.25) is 17.3 Å². The molecule has 0 aliphatic carbocycles. The van der Waals surface area contributed by atoms with Crippen molar-refractivity contribution in [1.82, 2.24) is 15.0 Å². The third-order valence-electron chi connectivity index (χ3n) is 5.38. The van der Waals surface area contributed by atoms with E-state index in [0.29, 0.717) is 17.0 Å². The van der Waals surface area contributed by atoms with Gasteiger partial charge in [0.05, 0.1) is 6.10 Å². The number of hydrogen-bond acceptors (Lipinski definition) is 9. The molecule has 0 spiro atoms. The number of ether oxygens (including phenoxy) is 3. The van der Waals surface area contributed by atoms with Crippen molar-refractivity contribution in [3.05, 3.63) is 12.7 Å². The first-order chi connectivity index (χ1) is 13.8. The van der Waals surface area contributed by atoms with Crippen LogP contribution in [0.25, 0.3) is 11.2 Å². The lowest BCUT2D eigenvalue weighted by molar-refractivity contribution is -0.745. The summed E-state index contributed by atoms with van der Waals surface area (Å²) in [5, 5.41) is 31.6. The predicted octanol–water partition coefficient (Wildman–Crippen LogP) is -1.74. The van der Waals surface area contributed by atoms with E-state index in [1.54, 1.807) is 17.9 Å². The molecule has 6 unspecified atom stereocenters. The molecule has 13 heteroatoms. The maximum absolute atomic E-state index is 11.8. The van der Waals surface area contributed by atoms with E-state index in [-0.39, 0.29) is 6.42 Å². The number of aliphatic hydroxyl groups is 1. The first-order valence-corrected chi connectivity index (χ1v) is 8.75. The summed E-state index contributed by atoms with van der Waals surface area (Å²) < 4.78 is 18.8. The Kier molecular flexibility index (Phi) is 4.61. The molecular weight excluding hydrogens is 390 g/mol.